The number of morpholine rings is 1. The zero-order valence-electron chi connectivity index (χ0n) is 9.52. The van der Waals surface area contributed by atoms with Gasteiger partial charge in [-0.3, -0.25) is 4.79 Å². The summed E-state index contributed by atoms with van der Waals surface area (Å²) in [7, 11) is 0. The van der Waals surface area contributed by atoms with E-state index in [2.05, 4.69) is 10.6 Å². The predicted octanol–water partition coefficient (Wildman–Crippen LogP) is 0.713. The normalized spacial score (nSPS) is 19.2. The number of nitrogens with one attached hydrogen (secondary N) is 2. The molecule has 94 valence electrons. The lowest BCUT2D eigenvalue weighted by atomic mass is 10.2. The molecular formula is C12H17ClN2O2. The quantitative estimate of drug-likeness (QED) is 0.838. The number of rotatable bonds is 3. The Labute approximate surface area is 107 Å². The Morgan fingerprint density at radius 3 is 2.82 bits per heavy atom. The molecule has 0 bridgehead atoms. The van der Waals surface area contributed by atoms with Gasteiger partial charge in [0.25, 0.3) is 0 Å². The summed E-state index contributed by atoms with van der Waals surface area (Å²) >= 11 is 0. The first-order valence-corrected chi connectivity index (χ1v) is 5.49. The molecule has 0 radical (unpaired) electrons. The van der Waals surface area contributed by atoms with E-state index in [9.17, 15) is 4.79 Å². The number of amides is 1. The molecule has 0 aliphatic carbocycles. The van der Waals surface area contributed by atoms with Crippen LogP contribution in [-0.2, 0) is 16.1 Å². The Hall–Kier alpha value is -1.10. The molecule has 0 spiro atoms. The summed E-state index contributed by atoms with van der Waals surface area (Å²) in [4.78, 5) is 11.7. The highest BCUT2D eigenvalue weighted by Gasteiger charge is 2.20. The third-order valence-corrected chi connectivity index (χ3v) is 2.55. The van der Waals surface area contributed by atoms with Crippen molar-refractivity contribution < 1.29 is 9.53 Å². The summed E-state index contributed by atoms with van der Waals surface area (Å²) in [6.45, 7) is 2.45. The molecule has 5 heteroatoms. The van der Waals surface area contributed by atoms with Crippen LogP contribution in [0.3, 0.4) is 0 Å². The molecule has 1 aromatic rings. The monoisotopic (exact) mass is 256 g/mol. The van der Waals surface area contributed by atoms with Gasteiger partial charge >= 0.3 is 0 Å². The molecule has 2 N–H and O–H groups in total. The van der Waals surface area contributed by atoms with Gasteiger partial charge in [-0.15, -0.1) is 12.4 Å². The molecule has 4 nitrogen and oxygen atoms in total. The van der Waals surface area contributed by atoms with Crippen molar-refractivity contribution in [3.63, 3.8) is 0 Å². The molecular weight excluding hydrogens is 240 g/mol. The maximum Gasteiger partial charge on any atom is 0.239 e. The van der Waals surface area contributed by atoms with Crippen LogP contribution in [0.5, 0.6) is 0 Å². The number of hydrogen-bond donors (Lipinski definition) is 2. The van der Waals surface area contributed by atoms with E-state index in [0.717, 1.165) is 12.1 Å². The van der Waals surface area contributed by atoms with E-state index in [1.54, 1.807) is 0 Å². The summed E-state index contributed by atoms with van der Waals surface area (Å²) in [6.07, 6.45) is 0. The van der Waals surface area contributed by atoms with Crippen molar-refractivity contribution in [1.82, 2.24) is 10.6 Å². The number of carbonyl (C=O) groups excluding carboxylic acids is 1. The van der Waals surface area contributed by atoms with Crippen molar-refractivity contribution in [2.45, 2.75) is 12.6 Å². The van der Waals surface area contributed by atoms with Crippen molar-refractivity contribution >= 4 is 18.3 Å². The van der Waals surface area contributed by atoms with Crippen LogP contribution in [-0.4, -0.2) is 31.7 Å². The molecule has 2 rings (SSSR count). The Balaban J connectivity index is 0.00000144. The molecule has 1 aliphatic heterocycles. The molecule has 1 aliphatic rings. The Morgan fingerprint density at radius 1 is 1.41 bits per heavy atom. The van der Waals surface area contributed by atoms with E-state index < -0.39 is 0 Å². The van der Waals surface area contributed by atoms with Crippen LogP contribution < -0.4 is 10.6 Å². The van der Waals surface area contributed by atoms with Crippen LogP contribution >= 0.6 is 12.4 Å². The molecule has 1 fully saturated rings. The van der Waals surface area contributed by atoms with Crippen LogP contribution in [0.25, 0.3) is 0 Å². The number of hydrogen-bond acceptors (Lipinski definition) is 3. The largest absolute Gasteiger partial charge is 0.378 e. The lowest BCUT2D eigenvalue weighted by molar-refractivity contribution is -0.126. The maximum atomic E-state index is 11.7. The van der Waals surface area contributed by atoms with Crippen molar-refractivity contribution in [3.8, 4) is 0 Å². The zero-order valence-corrected chi connectivity index (χ0v) is 10.3. The van der Waals surface area contributed by atoms with E-state index in [0.29, 0.717) is 19.8 Å². The highest BCUT2D eigenvalue weighted by atomic mass is 35.5. The van der Waals surface area contributed by atoms with Crippen LogP contribution in [0, 0.1) is 0 Å². The first-order chi connectivity index (χ1) is 7.86. The van der Waals surface area contributed by atoms with Crippen LogP contribution in [0.15, 0.2) is 30.3 Å². The summed E-state index contributed by atoms with van der Waals surface area (Å²) < 4.78 is 5.23. The highest BCUT2D eigenvalue weighted by Crippen LogP contribution is 1.98. The van der Waals surface area contributed by atoms with Crippen molar-refractivity contribution in [1.29, 1.82) is 0 Å². The van der Waals surface area contributed by atoms with Crippen molar-refractivity contribution in [2.75, 3.05) is 19.8 Å². The average Bonchev–Trinajstić information content (AvgIpc) is 2.38. The predicted molar refractivity (Wildman–Crippen MR) is 68.1 cm³/mol. The SMILES string of the molecule is Cl.O=C(NCc1ccccc1)[C@H]1COCCN1. The number of carbonyl (C=O) groups is 1. The van der Waals surface area contributed by atoms with Crippen LogP contribution in [0.2, 0.25) is 0 Å². The maximum absolute atomic E-state index is 11.7. The van der Waals surface area contributed by atoms with E-state index in [1.165, 1.54) is 0 Å². The fraction of sp³-hybridized carbons (Fsp3) is 0.417. The van der Waals surface area contributed by atoms with Gasteiger partial charge < -0.3 is 15.4 Å². The minimum atomic E-state index is -0.211. The second kappa shape index (κ2) is 7.27. The summed E-state index contributed by atoms with van der Waals surface area (Å²) in [5.41, 5.74) is 1.10. The van der Waals surface area contributed by atoms with Gasteiger partial charge in [-0.05, 0) is 5.56 Å². The second-order valence-electron chi connectivity index (χ2n) is 3.79. The van der Waals surface area contributed by atoms with E-state index in [4.69, 9.17) is 4.74 Å². The fourth-order valence-electron chi connectivity index (χ4n) is 1.64. The Kier molecular flexibility index (Phi) is 5.97. The van der Waals surface area contributed by atoms with Gasteiger partial charge in [0.15, 0.2) is 0 Å². The molecule has 1 aromatic carbocycles. The van der Waals surface area contributed by atoms with Gasteiger partial charge in [0.1, 0.15) is 6.04 Å². The van der Waals surface area contributed by atoms with Gasteiger partial charge in [-0.2, -0.15) is 0 Å². The number of benzene rings is 1. The van der Waals surface area contributed by atoms with Gasteiger partial charge in [-0.1, -0.05) is 30.3 Å². The van der Waals surface area contributed by atoms with E-state index in [-0.39, 0.29) is 24.4 Å². The standard InChI is InChI=1S/C12H16N2O2.ClH/c15-12(11-9-16-7-6-13-11)14-8-10-4-2-1-3-5-10;/h1-5,11,13H,6-9H2,(H,14,15);1H/t11-;/m1./s1. The lowest BCUT2D eigenvalue weighted by Gasteiger charge is -2.22. The zero-order chi connectivity index (χ0) is 11.2. The fourth-order valence-corrected chi connectivity index (χ4v) is 1.64. The molecule has 1 heterocycles. The highest BCUT2D eigenvalue weighted by molar-refractivity contribution is 5.85. The van der Waals surface area contributed by atoms with Gasteiger partial charge in [0.2, 0.25) is 5.91 Å². The second-order valence-corrected chi connectivity index (χ2v) is 3.79. The summed E-state index contributed by atoms with van der Waals surface area (Å²) in [5, 5.41) is 6.01. The lowest BCUT2D eigenvalue weighted by Crippen LogP contribution is -2.51. The number of halogens is 1. The smallest absolute Gasteiger partial charge is 0.239 e. The first-order valence-electron chi connectivity index (χ1n) is 5.49. The average molecular weight is 257 g/mol. The van der Waals surface area contributed by atoms with Gasteiger partial charge in [-0.25, -0.2) is 0 Å². The van der Waals surface area contributed by atoms with Gasteiger partial charge in [0.05, 0.1) is 13.2 Å². The molecule has 1 atom stereocenters. The third kappa shape index (κ3) is 4.34. The molecule has 17 heavy (non-hydrogen) atoms. The third-order valence-electron chi connectivity index (χ3n) is 2.55. The molecule has 0 aromatic heterocycles. The van der Waals surface area contributed by atoms with Crippen molar-refractivity contribution in [2.24, 2.45) is 0 Å². The molecule has 1 saturated heterocycles. The number of ether oxygens (including phenoxy) is 1. The molecule has 0 unspecified atom stereocenters. The van der Waals surface area contributed by atoms with Crippen LogP contribution in [0.4, 0.5) is 0 Å². The molecule has 0 saturated carbocycles. The Bertz CT molecular complexity index is 340. The van der Waals surface area contributed by atoms with E-state index in [1.807, 2.05) is 30.3 Å². The van der Waals surface area contributed by atoms with Gasteiger partial charge in [0, 0.05) is 13.1 Å². The van der Waals surface area contributed by atoms with Crippen LogP contribution in [0.1, 0.15) is 5.56 Å². The minimum Gasteiger partial charge on any atom is -0.378 e. The Morgan fingerprint density at radius 2 is 2.18 bits per heavy atom. The topological polar surface area (TPSA) is 50.4 Å². The first kappa shape index (κ1) is 14.0. The van der Waals surface area contributed by atoms with E-state index >= 15 is 0 Å². The molecule has 1 amide bonds. The summed E-state index contributed by atoms with van der Waals surface area (Å²) in [6, 6.07) is 9.66. The summed E-state index contributed by atoms with van der Waals surface area (Å²) in [5.74, 6) is 0.00329. The minimum absolute atomic E-state index is 0. The van der Waals surface area contributed by atoms with Crippen molar-refractivity contribution in [3.05, 3.63) is 35.9 Å².